The summed E-state index contributed by atoms with van der Waals surface area (Å²) in [5, 5.41) is 6.14. The quantitative estimate of drug-likeness (QED) is 0.872. The Labute approximate surface area is 120 Å². The van der Waals surface area contributed by atoms with Gasteiger partial charge in [-0.25, -0.2) is 0 Å². The van der Waals surface area contributed by atoms with E-state index < -0.39 is 0 Å². The van der Waals surface area contributed by atoms with Gasteiger partial charge in [-0.15, -0.1) is 12.4 Å². The van der Waals surface area contributed by atoms with Crippen molar-refractivity contribution in [2.75, 3.05) is 25.0 Å². The topological polar surface area (TPSA) is 50.4 Å². The van der Waals surface area contributed by atoms with Crippen molar-refractivity contribution in [3.8, 4) is 5.75 Å². The van der Waals surface area contributed by atoms with Crippen LogP contribution in [0, 0.1) is 11.8 Å². The van der Waals surface area contributed by atoms with Gasteiger partial charge in [0.2, 0.25) is 5.91 Å². The smallest absolute Gasteiger partial charge is 0.227 e. The minimum absolute atomic E-state index is 0. The van der Waals surface area contributed by atoms with E-state index in [4.69, 9.17) is 4.74 Å². The number of benzene rings is 1. The zero-order valence-electron chi connectivity index (χ0n) is 11.3. The van der Waals surface area contributed by atoms with Crippen LogP contribution < -0.4 is 15.4 Å². The fourth-order valence-electron chi connectivity index (χ4n) is 1.98. The van der Waals surface area contributed by atoms with E-state index in [-0.39, 0.29) is 24.2 Å². The molecule has 1 unspecified atom stereocenters. The first-order valence-corrected chi connectivity index (χ1v) is 6.45. The van der Waals surface area contributed by atoms with Gasteiger partial charge in [-0.1, -0.05) is 19.1 Å². The number of amides is 1. The third-order valence-corrected chi connectivity index (χ3v) is 3.38. The van der Waals surface area contributed by atoms with Gasteiger partial charge in [0.25, 0.3) is 0 Å². The number of nitrogens with one attached hydrogen (secondary N) is 2. The Morgan fingerprint density at radius 1 is 1.47 bits per heavy atom. The second kappa shape index (κ2) is 7.36. The summed E-state index contributed by atoms with van der Waals surface area (Å²) in [6, 6.07) is 7.54. The number of halogens is 1. The Hall–Kier alpha value is -1.26. The van der Waals surface area contributed by atoms with Crippen molar-refractivity contribution < 1.29 is 9.53 Å². The van der Waals surface area contributed by atoms with Gasteiger partial charge in [0, 0.05) is 5.92 Å². The lowest BCUT2D eigenvalue weighted by molar-refractivity contribution is -0.121. The molecule has 0 aromatic heterocycles. The predicted octanol–water partition coefficient (Wildman–Crippen LogP) is 2.30. The first kappa shape index (κ1) is 15.8. The van der Waals surface area contributed by atoms with Crippen LogP contribution in [-0.2, 0) is 4.79 Å². The molecule has 1 fully saturated rings. The fraction of sp³-hybridized carbons (Fsp3) is 0.500. The Kier molecular flexibility index (Phi) is 6.12. The van der Waals surface area contributed by atoms with Gasteiger partial charge >= 0.3 is 0 Å². The summed E-state index contributed by atoms with van der Waals surface area (Å²) in [6.45, 7) is 6.36. The minimum Gasteiger partial charge on any atom is -0.492 e. The fourth-order valence-corrected chi connectivity index (χ4v) is 1.98. The third kappa shape index (κ3) is 3.85. The minimum atomic E-state index is 0. The number of rotatable bonds is 5. The van der Waals surface area contributed by atoms with E-state index in [2.05, 4.69) is 10.6 Å². The molecule has 1 saturated heterocycles. The molecule has 2 rings (SSSR count). The highest BCUT2D eigenvalue weighted by Crippen LogP contribution is 2.25. The van der Waals surface area contributed by atoms with E-state index in [1.165, 1.54) is 0 Å². The van der Waals surface area contributed by atoms with Crippen molar-refractivity contribution in [1.29, 1.82) is 0 Å². The van der Waals surface area contributed by atoms with Gasteiger partial charge < -0.3 is 15.4 Å². The molecule has 0 spiro atoms. The Morgan fingerprint density at radius 3 is 2.74 bits per heavy atom. The number of ether oxygens (including phenoxy) is 1. The van der Waals surface area contributed by atoms with Crippen LogP contribution in [0.1, 0.15) is 13.8 Å². The molecule has 0 radical (unpaired) electrons. The summed E-state index contributed by atoms with van der Waals surface area (Å²) < 4.78 is 5.49. The summed E-state index contributed by atoms with van der Waals surface area (Å²) >= 11 is 0. The van der Waals surface area contributed by atoms with Gasteiger partial charge in [0.15, 0.2) is 0 Å². The molecule has 19 heavy (non-hydrogen) atoms. The molecule has 1 atom stereocenters. The monoisotopic (exact) mass is 284 g/mol. The predicted molar refractivity (Wildman–Crippen MR) is 79.0 cm³/mol. The largest absolute Gasteiger partial charge is 0.492 e. The van der Waals surface area contributed by atoms with E-state index >= 15 is 0 Å². The molecule has 1 amide bonds. The molecule has 2 N–H and O–H groups in total. The Morgan fingerprint density at radius 2 is 2.16 bits per heavy atom. The zero-order valence-corrected chi connectivity index (χ0v) is 12.1. The molecule has 0 bridgehead atoms. The van der Waals surface area contributed by atoms with Gasteiger partial charge in [-0.05, 0) is 38.1 Å². The Bertz CT molecular complexity index is 422. The van der Waals surface area contributed by atoms with Crippen LogP contribution in [0.25, 0.3) is 0 Å². The van der Waals surface area contributed by atoms with E-state index in [1.807, 2.05) is 38.1 Å². The van der Waals surface area contributed by atoms with Crippen LogP contribution in [0.3, 0.4) is 0 Å². The SMILES string of the molecule is CCOc1ccccc1NC(=O)C(C)C1CNC1.Cl. The standard InChI is InChI=1S/C14H20N2O2.ClH/c1-3-18-13-7-5-4-6-12(13)16-14(17)10(2)11-8-15-9-11;/h4-7,10-11,15H,3,8-9H2,1-2H3,(H,16,17);1H. The molecule has 1 aromatic rings. The normalized spacial score (nSPS) is 15.9. The maximum Gasteiger partial charge on any atom is 0.227 e. The van der Waals surface area contributed by atoms with Crippen LogP contribution in [0.15, 0.2) is 24.3 Å². The highest BCUT2D eigenvalue weighted by Gasteiger charge is 2.28. The van der Waals surface area contributed by atoms with Crippen molar-refractivity contribution >= 4 is 24.0 Å². The molecule has 1 heterocycles. The second-order valence-electron chi connectivity index (χ2n) is 4.63. The summed E-state index contributed by atoms with van der Waals surface area (Å²) in [5.74, 6) is 1.27. The average molecular weight is 285 g/mol. The number of carbonyl (C=O) groups is 1. The molecular weight excluding hydrogens is 264 g/mol. The first-order chi connectivity index (χ1) is 8.72. The van der Waals surface area contributed by atoms with Gasteiger partial charge in [-0.2, -0.15) is 0 Å². The maximum absolute atomic E-state index is 12.1. The van der Waals surface area contributed by atoms with Gasteiger partial charge in [0.05, 0.1) is 12.3 Å². The van der Waals surface area contributed by atoms with Crippen molar-refractivity contribution in [1.82, 2.24) is 5.32 Å². The van der Waals surface area contributed by atoms with Crippen molar-refractivity contribution in [2.24, 2.45) is 11.8 Å². The van der Waals surface area contributed by atoms with E-state index in [0.717, 1.165) is 24.5 Å². The summed E-state index contributed by atoms with van der Waals surface area (Å²) in [4.78, 5) is 12.1. The molecule has 1 aliphatic heterocycles. The second-order valence-corrected chi connectivity index (χ2v) is 4.63. The lowest BCUT2D eigenvalue weighted by atomic mass is 9.88. The number of anilines is 1. The van der Waals surface area contributed by atoms with E-state index in [9.17, 15) is 4.79 Å². The highest BCUT2D eigenvalue weighted by molar-refractivity contribution is 5.94. The first-order valence-electron chi connectivity index (χ1n) is 6.45. The number of para-hydroxylation sites is 2. The summed E-state index contributed by atoms with van der Waals surface area (Å²) in [7, 11) is 0. The molecule has 0 aliphatic carbocycles. The van der Waals surface area contributed by atoms with Gasteiger partial charge in [-0.3, -0.25) is 4.79 Å². The molecule has 1 aliphatic rings. The molecule has 4 nitrogen and oxygen atoms in total. The summed E-state index contributed by atoms with van der Waals surface area (Å²) in [6.07, 6.45) is 0. The van der Waals surface area contributed by atoms with Crippen molar-refractivity contribution in [3.05, 3.63) is 24.3 Å². The highest BCUT2D eigenvalue weighted by atomic mass is 35.5. The number of hydrogen-bond donors (Lipinski definition) is 2. The van der Waals surface area contributed by atoms with Crippen LogP contribution >= 0.6 is 12.4 Å². The number of hydrogen-bond acceptors (Lipinski definition) is 3. The third-order valence-electron chi connectivity index (χ3n) is 3.38. The molecule has 5 heteroatoms. The van der Waals surface area contributed by atoms with Crippen molar-refractivity contribution in [3.63, 3.8) is 0 Å². The maximum atomic E-state index is 12.1. The lowest BCUT2D eigenvalue weighted by Crippen LogP contribution is -2.48. The molecular formula is C14H21ClN2O2. The average Bonchev–Trinajstić information content (AvgIpc) is 2.29. The molecule has 0 saturated carbocycles. The van der Waals surface area contributed by atoms with Crippen LogP contribution in [0.4, 0.5) is 5.69 Å². The zero-order chi connectivity index (χ0) is 13.0. The lowest BCUT2D eigenvalue weighted by Gasteiger charge is -2.31. The molecule has 1 aromatic carbocycles. The van der Waals surface area contributed by atoms with Crippen molar-refractivity contribution in [2.45, 2.75) is 13.8 Å². The molecule has 106 valence electrons. The van der Waals surface area contributed by atoms with Crippen LogP contribution in [0.5, 0.6) is 5.75 Å². The van der Waals surface area contributed by atoms with Crippen LogP contribution in [-0.4, -0.2) is 25.6 Å². The van der Waals surface area contributed by atoms with Gasteiger partial charge in [0.1, 0.15) is 5.75 Å². The van der Waals surface area contributed by atoms with Crippen LogP contribution in [0.2, 0.25) is 0 Å². The number of carbonyl (C=O) groups excluding carboxylic acids is 1. The summed E-state index contributed by atoms with van der Waals surface area (Å²) in [5.41, 5.74) is 0.753. The van der Waals surface area contributed by atoms with E-state index in [0.29, 0.717) is 12.5 Å². The Balaban J connectivity index is 0.00000180. The van der Waals surface area contributed by atoms with E-state index in [1.54, 1.807) is 0 Å².